The van der Waals surface area contributed by atoms with E-state index < -0.39 is 23.6 Å². The van der Waals surface area contributed by atoms with Gasteiger partial charge in [-0.2, -0.15) is 0 Å². The molecule has 0 fully saturated rings. The van der Waals surface area contributed by atoms with Crippen LogP contribution < -0.4 is 5.73 Å². The number of methoxy groups -OCH3 is 1. The number of rotatable bonds is 3. The molecule has 0 aliphatic rings. The Morgan fingerprint density at radius 3 is 2.40 bits per heavy atom. The molecule has 0 aromatic heterocycles. The average molecular weight is 215 g/mol. The summed E-state index contributed by atoms with van der Waals surface area (Å²) in [5.74, 6) is -1.96. The van der Waals surface area contributed by atoms with Crippen LogP contribution in [0.4, 0.5) is 8.78 Å². The van der Waals surface area contributed by atoms with Crippen LogP contribution >= 0.6 is 0 Å². The van der Waals surface area contributed by atoms with Crippen molar-refractivity contribution in [1.82, 2.24) is 0 Å². The minimum Gasteiger partial charge on any atom is -0.469 e. The van der Waals surface area contributed by atoms with Crippen molar-refractivity contribution in [2.24, 2.45) is 5.73 Å². The van der Waals surface area contributed by atoms with Gasteiger partial charge in [-0.25, -0.2) is 8.78 Å². The number of carbonyl (C=O) groups excluding carboxylic acids is 1. The quantitative estimate of drug-likeness (QED) is 0.778. The standard InChI is InChI=1S/C10H11F2NO2/c1-15-10(14)5-9(13)6-2-7(11)4-8(12)3-6/h2-4,9H,5,13H2,1H3/t9-/m0/s1. The summed E-state index contributed by atoms with van der Waals surface area (Å²) >= 11 is 0. The molecule has 0 radical (unpaired) electrons. The molecule has 15 heavy (non-hydrogen) atoms. The molecule has 2 N–H and O–H groups in total. The Hall–Kier alpha value is -1.49. The van der Waals surface area contributed by atoms with Crippen LogP contribution in [0.3, 0.4) is 0 Å². The zero-order valence-electron chi connectivity index (χ0n) is 8.17. The van der Waals surface area contributed by atoms with E-state index in [1.54, 1.807) is 0 Å². The summed E-state index contributed by atoms with van der Waals surface area (Å²) in [5.41, 5.74) is 5.81. The molecule has 0 amide bonds. The molecule has 0 saturated carbocycles. The second kappa shape index (κ2) is 4.84. The summed E-state index contributed by atoms with van der Waals surface area (Å²) in [6.07, 6.45) is -0.112. The lowest BCUT2D eigenvalue weighted by molar-refractivity contribution is -0.141. The van der Waals surface area contributed by atoms with Crippen molar-refractivity contribution in [1.29, 1.82) is 0 Å². The van der Waals surface area contributed by atoms with E-state index in [0.717, 1.165) is 18.2 Å². The van der Waals surface area contributed by atoms with Crippen LogP contribution in [0.15, 0.2) is 18.2 Å². The van der Waals surface area contributed by atoms with Gasteiger partial charge in [-0.3, -0.25) is 4.79 Å². The molecule has 0 unspecified atom stereocenters. The molecule has 0 aliphatic heterocycles. The maximum absolute atomic E-state index is 12.8. The minimum atomic E-state index is -0.761. The van der Waals surface area contributed by atoms with Crippen LogP contribution in [0.2, 0.25) is 0 Å². The molecular formula is C10H11F2NO2. The van der Waals surface area contributed by atoms with E-state index in [0.29, 0.717) is 0 Å². The van der Waals surface area contributed by atoms with Gasteiger partial charge in [0.1, 0.15) is 11.6 Å². The van der Waals surface area contributed by atoms with Crippen molar-refractivity contribution in [2.45, 2.75) is 12.5 Å². The van der Waals surface area contributed by atoms with Crippen LogP contribution in [0.25, 0.3) is 0 Å². The average Bonchev–Trinajstić information content (AvgIpc) is 2.16. The maximum Gasteiger partial charge on any atom is 0.307 e. The van der Waals surface area contributed by atoms with Crippen molar-refractivity contribution in [3.05, 3.63) is 35.4 Å². The van der Waals surface area contributed by atoms with Crippen molar-refractivity contribution in [2.75, 3.05) is 7.11 Å². The van der Waals surface area contributed by atoms with E-state index in [4.69, 9.17) is 5.73 Å². The first-order valence-corrected chi connectivity index (χ1v) is 4.31. The molecule has 82 valence electrons. The first-order chi connectivity index (χ1) is 7.02. The number of carbonyl (C=O) groups is 1. The van der Waals surface area contributed by atoms with E-state index in [1.165, 1.54) is 7.11 Å². The van der Waals surface area contributed by atoms with Gasteiger partial charge in [0, 0.05) is 12.1 Å². The van der Waals surface area contributed by atoms with Crippen LogP contribution in [-0.2, 0) is 9.53 Å². The number of hydrogen-bond donors (Lipinski definition) is 1. The van der Waals surface area contributed by atoms with Gasteiger partial charge in [-0.1, -0.05) is 0 Å². The summed E-state index contributed by atoms with van der Waals surface area (Å²) in [4.78, 5) is 10.9. The Morgan fingerprint density at radius 2 is 1.93 bits per heavy atom. The lowest BCUT2D eigenvalue weighted by Crippen LogP contribution is -2.16. The monoisotopic (exact) mass is 215 g/mol. The molecule has 1 rings (SSSR count). The first kappa shape index (κ1) is 11.6. The predicted octanol–water partition coefficient (Wildman–Crippen LogP) is 1.53. The van der Waals surface area contributed by atoms with E-state index in [1.807, 2.05) is 0 Å². The second-order valence-corrected chi connectivity index (χ2v) is 3.09. The number of esters is 1. The molecule has 1 atom stereocenters. The summed E-state index contributed by atoms with van der Waals surface area (Å²) in [5, 5.41) is 0. The van der Waals surface area contributed by atoms with Gasteiger partial charge in [-0.05, 0) is 17.7 Å². The highest BCUT2D eigenvalue weighted by Crippen LogP contribution is 2.17. The largest absolute Gasteiger partial charge is 0.469 e. The molecule has 1 aromatic carbocycles. The molecular weight excluding hydrogens is 204 g/mol. The van der Waals surface area contributed by atoms with Crippen LogP contribution in [-0.4, -0.2) is 13.1 Å². The summed E-state index contributed by atoms with van der Waals surface area (Å²) < 4.78 is 30.0. The van der Waals surface area contributed by atoms with Crippen LogP contribution in [0.1, 0.15) is 18.0 Å². The summed E-state index contributed by atoms with van der Waals surface area (Å²) in [6.45, 7) is 0. The number of nitrogens with two attached hydrogens (primary N) is 1. The normalized spacial score (nSPS) is 12.3. The van der Waals surface area contributed by atoms with Gasteiger partial charge >= 0.3 is 5.97 Å². The number of halogens is 2. The van der Waals surface area contributed by atoms with Gasteiger partial charge < -0.3 is 10.5 Å². The Labute approximate surface area is 85.8 Å². The van der Waals surface area contributed by atoms with E-state index in [2.05, 4.69) is 4.74 Å². The Kier molecular flexibility index (Phi) is 3.74. The molecule has 3 nitrogen and oxygen atoms in total. The number of hydrogen-bond acceptors (Lipinski definition) is 3. The maximum atomic E-state index is 12.8. The SMILES string of the molecule is COC(=O)C[C@H](N)c1cc(F)cc(F)c1. The lowest BCUT2D eigenvalue weighted by atomic mass is 10.0. The highest BCUT2D eigenvalue weighted by molar-refractivity contribution is 5.70. The number of ether oxygens (including phenoxy) is 1. The van der Waals surface area contributed by atoms with Crippen LogP contribution in [0, 0.1) is 11.6 Å². The van der Waals surface area contributed by atoms with Gasteiger partial charge in [-0.15, -0.1) is 0 Å². The third-order valence-corrected chi connectivity index (χ3v) is 1.93. The van der Waals surface area contributed by atoms with Crippen LogP contribution in [0.5, 0.6) is 0 Å². The fourth-order valence-corrected chi connectivity index (χ4v) is 1.17. The predicted molar refractivity (Wildman–Crippen MR) is 49.9 cm³/mol. The topological polar surface area (TPSA) is 52.3 Å². The smallest absolute Gasteiger partial charge is 0.307 e. The first-order valence-electron chi connectivity index (χ1n) is 4.31. The summed E-state index contributed by atoms with van der Waals surface area (Å²) in [6, 6.07) is 2.17. The van der Waals surface area contributed by atoms with E-state index in [9.17, 15) is 13.6 Å². The van der Waals surface area contributed by atoms with Gasteiger partial charge in [0.05, 0.1) is 13.5 Å². The molecule has 5 heteroatoms. The Morgan fingerprint density at radius 1 is 1.40 bits per heavy atom. The van der Waals surface area contributed by atoms with E-state index in [-0.39, 0.29) is 12.0 Å². The highest BCUT2D eigenvalue weighted by atomic mass is 19.1. The second-order valence-electron chi connectivity index (χ2n) is 3.09. The third kappa shape index (κ3) is 3.28. The van der Waals surface area contributed by atoms with Gasteiger partial charge in [0.25, 0.3) is 0 Å². The molecule has 1 aromatic rings. The van der Waals surface area contributed by atoms with Gasteiger partial charge in [0.2, 0.25) is 0 Å². The third-order valence-electron chi connectivity index (χ3n) is 1.93. The van der Waals surface area contributed by atoms with E-state index >= 15 is 0 Å². The molecule has 0 heterocycles. The van der Waals surface area contributed by atoms with Crippen molar-refractivity contribution in [3.63, 3.8) is 0 Å². The fraction of sp³-hybridized carbons (Fsp3) is 0.300. The molecule has 0 aliphatic carbocycles. The lowest BCUT2D eigenvalue weighted by Gasteiger charge is -2.10. The molecule has 0 bridgehead atoms. The van der Waals surface area contributed by atoms with Crippen molar-refractivity contribution < 1.29 is 18.3 Å². The molecule has 0 saturated heterocycles. The Bertz CT molecular complexity index is 348. The molecule has 0 spiro atoms. The summed E-state index contributed by atoms with van der Waals surface area (Å²) in [7, 11) is 1.22. The highest BCUT2D eigenvalue weighted by Gasteiger charge is 2.13. The zero-order valence-corrected chi connectivity index (χ0v) is 8.17. The van der Waals surface area contributed by atoms with Crippen molar-refractivity contribution in [3.8, 4) is 0 Å². The fourth-order valence-electron chi connectivity index (χ4n) is 1.17. The zero-order chi connectivity index (χ0) is 11.4. The Balaban J connectivity index is 2.81. The number of benzene rings is 1. The van der Waals surface area contributed by atoms with Gasteiger partial charge in [0.15, 0.2) is 0 Å². The minimum absolute atomic E-state index is 0.112. The van der Waals surface area contributed by atoms with Crippen molar-refractivity contribution >= 4 is 5.97 Å².